The van der Waals surface area contributed by atoms with Crippen LogP contribution >= 0.6 is 15.9 Å². The molecular formula is C13H16BrNO3. The van der Waals surface area contributed by atoms with Gasteiger partial charge in [-0.2, -0.15) is 0 Å². The minimum Gasteiger partial charge on any atom is -0.492 e. The fraction of sp³-hybridized carbons (Fsp3) is 0.385. The Morgan fingerprint density at radius 3 is 2.56 bits per heavy atom. The molecule has 0 unspecified atom stereocenters. The highest BCUT2D eigenvalue weighted by molar-refractivity contribution is 9.10. The number of benzene rings is 1. The predicted molar refractivity (Wildman–Crippen MR) is 73.0 cm³/mol. The molecule has 0 saturated heterocycles. The first kappa shape index (κ1) is 14.7. The van der Waals surface area contributed by atoms with Crippen molar-refractivity contribution >= 4 is 27.6 Å². The van der Waals surface area contributed by atoms with Gasteiger partial charge in [0.05, 0.1) is 18.6 Å². The summed E-state index contributed by atoms with van der Waals surface area (Å²) in [5.74, 6) is 0.443. The van der Waals surface area contributed by atoms with Crippen LogP contribution in [0.3, 0.4) is 0 Å². The molecule has 4 nitrogen and oxygen atoms in total. The number of carbonyl (C=O) groups excluding carboxylic acids is 2. The summed E-state index contributed by atoms with van der Waals surface area (Å²) < 4.78 is 6.31. The van der Waals surface area contributed by atoms with E-state index in [4.69, 9.17) is 4.74 Å². The maximum atomic E-state index is 11.4. The number of ketones is 1. The van der Waals surface area contributed by atoms with E-state index in [9.17, 15) is 9.59 Å². The quantitative estimate of drug-likeness (QED) is 0.785. The van der Waals surface area contributed by atoms with Crippen LogP contribution in [0, 0.1) is 0 Å². The van der Waals surface area contributed by atoms with Crippen LogP contribution in [-0.2, 0) is 4.79 Å². The molecule has 0 aliphatic carbocycles. The largest absolute Gasteiger partial charge is 0.492 e. The lowest BCUT2D eigenvalue weighted by Crippen LogP contribution is -2.23. The van der Waals surface area contributed by atoms with E-state index >= 15 is 0 Å². The van der Waals surface area contributed by atoms with Crippen LogP contribution in [0.5, 0.6) is 5.75 Å². The number of amides is 1. The zero-order valence-corrected chi connectivity index (χ0v) is 12.3. The van der Waals surface area contributed by atoms with Crippen molar-refractivity contribution in [3.05, 3.63) is 28.2 Å². The minimum atomic E-state index is -0.0646. The lowest BCUT2D eigenvalue weighted by molar-refractivity contribution is -0.129. The number of hydrogen-bond donors (Lipinski definition) is 0. The molecule has 5 heteroatoms. The van der Waals surface area contributed by atoms with Crippen molar-refractivity contribution in [1.29, 1.82) is 0 Å². The third-order valence-corrected chi connectivity index (χ3v) is 2.89. The van der Waals surface area contributed by atoms with Gasteiger partial charge in [0, 0.05) is 18.6 Å². The van der Waals surface area contributed by atoms with Crippen LogP contribution in [0.4, 0.5) is 0 Å². The molecule has 1 amide bonds. The molecule has 0 aliphatic heterocycles. The first-order chi connectivity index (χ1) is 8.41. The molecule has 98 valence electrons. The van der Waals surface area contributed by atoms with Crippen LogP contribution in [0.2, 0.25) is 0 Å². The van der Waals surface area contributed by atoms with E-state index in [0.29, 0.717) is 17.7 Å². The summed E-state index contributed by atoms with van der Waals surface area (Å²) >= 11 is 3.31. The second kappa shape index (κ2) is 6.54. The zero-order chi connectivity index (χ0) is 13.7. The maximum Gasteiger partial charge on any atom is 0.225 e. The van der Waals surface area contributed by atoms with Gasteiger partial charge in [-0.15, -0.1) is 0 Å². The topological polar surface area (TPSA) is 46.6 Å². The van der Waals surface area contributed by atoms with E-state index < -0.39 is 0 Å². The molecule has 1 aromatic carbocycles. The van der Waals surface area contributed by atoms with Crippen LogP contribution in [0.15, 0.2) is 22.7 Å². The second-order valence-electron chi connectivity index (χ2n) is 4.08. The number of hydrogen-bond acceptors (Lipinski definition) is 3. The highest BCUT2D eigenvalue weighted by atomic mass is 79.9. The van der Waals surface area contributed by atoms with Gasteiger partial charge >= 0.3 is 0 Å². The Balaban J connectivity index is 2.68. The summed E-state index contributed by atoms with van der Waals surface area (Å²) in [5, 5.41) is 0. The summed E-state index contributed by atoms with van der Waals surface area (Å²) in [6, 6.07) is 5.24. The number of carbonyl (C=O) groups is 2. The van der Waals surface area contributed by atoms with Gasteiger partial charge in [-0.1, -0.05) is 15.9 Å². The molecule has 18 heavy (non-hydrogen) atoms. The van der Waals surface area contributed by atoms with Gasteiger partial charge < -0.3 is 9.64 Å². The molecule has 0 radical (unpaired) electrons. The Hall–Kier alpha value is -1.36. The van der Waals surface area contributed by atoms with Gasteiger partial charge in [0.15, 0.2) is 5.78 Å². The normalized spacial score (nSPS) is 10.0. The van der Waals surface area contributed by atoms with Crippen molar-refractivity contribution in [2.24, 2.45) is 0 Å². The SMILES string of the molecule is CC(=O)c1cc(Br)ccc1OCCC(=O)N(C)C. The summed E-state index contributed by atoms with van der Waals surface area (Å²) in [5.41, 5.74) is 0.515. The van der Waals surface area contributed by atoms with Gasteiger partial charge in [0.25, 0.3) is 0 Å². The first-order valence-corrected chi connectivity index (χ1v) is 6.34. The van der Waals surface area contributed by atoms with Crippen LogP contribution < -0.4 is 4.74 Å². The van der Waals surface area contributed by atoms with E-state index in [-0.39, 0.29) is 18.3 Å². The fourth-order valence-corrected chi connectivity index (χ4v) is 1.74. The van der Waals surface area contributed by atoms with E-state index in [0.717, 1.165) is 4.47 Å². The Kier molecular flexibility index (Phi) is 5.34. The minimum absolute atomic E-state index is 0.00325. The Morgan fingerprint density at radius 2 is 2.00 bits per heavy atom. The summed E-state index contributed by atoms with van der Waals surface area (Å²) in [4.78, 5) is 24.3. The van der Waals surface area contributed by atoms with Crippen molar-refractivity contribution < 1.29 is 14.3 Å². The molecule has 0 atom stereocenters. The first-order valence-electron chi connectivity index (χ1n) is 5.55. The number of halogens is 1. The Morgan fingerprint density at radius 1 is 1.33 bits per heavy atom. The molecule has 0 fully saturated rings. The van der Waals surface area contributed by atoms with E-state index in [1.165, 1.54) is 11.8 Å². The fourth-order valence-electron chi connectivity index (χ4n) is 1.38. The van der Waals surface area contributed by atoms with Gasteiger partial charge in [-0.25, -0.2) is 0 Å². The molecule has 0 saturated carbocycles. The molecule has 0 aromatic heterocycles. The highest BCUT2D eigenvalue weighted by Crippen LogP contribution is 2.23. The number of Topliss-reactive ketones (excluding diaryl/α,β-unsaturated/α-hetero) is 1. The zero-order valence-electron chi connectivity index (χ0n) is 10.7. The smallest absolute Gasteiger partial charge is 0.225 e. The van der Waals surface area contributed by atoms with Crippen LogP contribution in [-0.4, -0.2) is 37.3 Å². The lowest BCUT2D eigenvalue weighted by atomic mass is 10.1. The number of ether oxygens (including phenoxy) is 1. The third-order valence-electron chi connectivity index (χ3n) is 2.39. The van der Waals surface area contributed by atoms with Crippen molar-refractivity contribution in [2.45, 2.75) is 13.3 Å². The molecule has 0 N–H and O–H groups in total. The standard InChI is InChI=1S/C13H16BrNO3/c1-9(16)11-8-10(14)4-5-12(11)18-7-6-13(17)15(2)3/h4-5,8H,6-7H2,1-3H3. The van der Waals surface area contributed by atoms with Crippen molar-refractivity contribution in [1.82, 2.24) is 4.90 Å². The van der Waals surface area contributed by atoms with E-state index in [2.05, 4.69) is 15.9 Å². The molecule has 0 aliphatic rings. The Labute approximate surface area is 115 Å². The van der Waals surface area contributed by atoms with Gasteiger partial charge in [0.2, 0.25) is 5.91 Å². The maximum absolute atomic E-state index is 11.4. The monoisotopic (exact) mass is 313 g/mol. The van der Waals surface area contributed by atoms with Crippen molar-refractivity contribution in [2.75, 3.05) is 20.7 Å². The lowest BCUT2D eigenvalue weighted by Gasteiger charge is -2.12. The average molecular weight is 314 g/mol. The van der Waals surface area contributed by atoms with Gasteiger partial charge in [-0.3, -0.25) is 9.59 Å². The second-order valence-corrected chi connectivity index (χ2v) is 5.00. The van der Waals surface area contributed by atoms with Crippen molar-refractivity contribution in [3.63, 3.8) is 0 Å². The summed E-state index contributed by atoms with van der Waals surface area (Å²) in [7, 11) is 3.39. The highest BCUT2D eigenvalue weighted by Gasteiger charge is 2.10. The number of nitrogens with zero attached hydrogens (tertiary/aromatic N) is 1. The van der Waals surface area contributed by atoms with Crippen LogP contribution in [0.1, 0.15) is 23.7 Å². The van der Waals surface area contributed by atoms with E-state index in [1.54, 1.807) is 32.3 Å². The Bertz CT molecular complexity index is 458. The summed E-state index contributed by atoms with van der Waals surface area (Å²) in [6.07, 6.45) is 0.292. The molecule has 0 heterocycles. The molecule has 1 aromatic rings. The molecule has 0 bridgehead atoms. The third kappa shape index (κ3) is 4.14. The van der Waals surface area contributed by atoms with Crippen LogP contribution in [0.25, 0.3) is 0 Å². The van der Waals surface area contributed by atoms with E-state index in [1.807, 2.05) is 0 Å². The van der Waals surface area contributed by atoms with Crippen molar-refractivity contribution in [3.8, 4) is 5.75 Å². The average Bonchev–Trinajstić information content (AvgIpc) is 2.30. The molecule has 0 spiro atoms. The number of rotatable bonds is 5. The van der Waals surface area contributed by atoms with Gasteiger partial charge in [-0.05, 0) is 25.1 Å². The summed E-state index contributed by atoms with van der Waals surface area (Å²) in [6.45, 7) is 1.75. The molecular weight excluding hydrogens is 298 g/mol. The predicted octanol–water partition coefficient (Wildman–Crippen LogP) is 2.51. The van der Waals surface area contributed by atoms with Gasteiger partial charge in [0.1, 0.15) is 5.75 Å². The molecule has 1 rings (SSSR count).